The molecule has 1 atom stereocenters. The Bertz CT molecular complexity index is 320. The Morgan fingerprint density at radius 3 is 2.53 bits per heavy atom. The minimum absolute atomic E-state index is 0.279. The maximum absolute atomic E-state index is 5.86. The highest BCUT2D eigenvalue weighted by Crippen LogP contribution is 2.25. The Labute approximate surface area is 92.9 Å². The van der Waals surface area contributed by atoms with Gasteiger partial charge in [0.25, 0.3) is 0 Å². The first kappa shape index (κ1) is 11.9. The monoisotopic (exact) mass is 207 g/mol. The molecule has 15 heavy (non-hydrogen) atoms. The van der Waals surface area contributed by atoms with Gasteiger partial charge in [-0.2, -0.15) is 0 Å². The highest BCUT2D eigenvalue weighted by molar-refractivity contribution is 5.52. The lowest BCUT2D eigenvalue weighted by atomic mass is 10.2. The van der Waals surface area contributed by atoms with E-state index in [4.69, 9.17) is 4.74 Å². The van der Waals surface area contributed by atoms with Crippen LogP contribution in [0.15, 0.2) is 18.2 Å². The van der Waals surface area contributed by atoms with Gasteiger partial charge < -0.3 is 9.64 Å². The van der Waals surface area contributed by atoms with Crippen molar-refractivity contribution in [3.63, 3.8) is 0 Å². The predicted octanol–water partition coefficient (Wildman–Crippen LogP) is 3.24. The molecule has 0 bridgehead atoms. The van der Waals surface area contributed by atoms with Crippen molar-refractivity contribution in [3.05, 3.63) is 23.8 Å². The van der Waals surface area contributed by atoms with E-state index in [1.165, 1.54) is 11.3 Å². The molecule has 0 amide bonds. The SMILES string of the molecule is CCC(C)Oc1cc(N(C)C)ccc1C. The Balaban J connectivity index is 2.90. The van der Waals surface area contributed by atoms with Gasteiger partial charge in [0.15, 0.2) is 0 Å². The van der Waals surface area contributed by atoms with Gasteiger partial charge in [-0.1, -0.05) is 13.0 Å². The summed E-state index contributed by atoms with van der Waals surface area (Å²) in [6, 6.07) is 6.31. The number of aryl methyl sites for hydroxylation is 1. The minimum Gasteiger partial charge on any atom is -0.490 e. The Kier molecular flexibility index (Phi) is 4.01. The topological polar surface area (TPSA) is 12.5 Å². The average Bonchev–Trinajstić information content (AvgIpc) is 2.20. The third-order valence-electron chi connectivity index (χ3n) is 2.59. The van der Waals surface area contributed by atoms with Crippen LogP contribution in [0.5, 0.6) is 5.75 Å². The van der Waals surface area contributed by atoms with E-state index >= 15 is 0 Å². The lowest BCUT2D eigenvalue weighted by Crippen LogP contribution is -2.12. The normalized spacial score (nSPS) is 12.3. The van der Waals surface area contributed by atoms with Crippen LogP contribution in [0.4, 0.5) is 5.69 Å². The Hall–Kier alpha value is -1.18. The lowest BCUT2D eigenvalue weighted by Gasteiger charge is -2.18. The summed E-state index contributed by atoms with van der Waals surface area (Å²) in [5, 5.41) is 0. The second kappa shape index (κ2) is 5.06. The van der Waals surface area contributed by atoms with Crippen molar-refractivity contribution in [2.75, 3.05) is 19.0 Å². The zero-order chi connectivity index (χ0) is 11.4. The smallest absolute Gasteiger partial charge is 0.124 e. The minimum atomic E-state index is 0.279. The van der Waals surface area contributed by atoms with Crippen molar-refractivity contribution in [3.8, 4) is 5.75 Å². The van der Waals surface area contributed by atoms with E-state index in [0.29, 0.717) is 0 Å². The molecule has 1 aromatic carbocycles. The van der Waals surface area contributed by atoms with Crippen LogP contribution in [0.3, 0.4) is 0 Å². The molecule has 0 heterocycles. The van der Waals surface area contributed by atoms with Crippen molar-refractivity contribution in [2.45, 2.75) is 33.3 Å². The van der Waals surface area contributed by atoms with Crippen LogP contribution in [-0.4, -0.2) is 20.2 Å². The molecule has 1 unspecified atom stereocenters. The van der Waals surface area contributed by atoms with Crippen LogP contribution in [0.2, 0.25) is 0 Å². The molecule has 2 heteroatoms. The second-order valence-electron chi connectivity index (χ2n) is 4.18. The third-order valence-corrected chi connectivity index (χ3v) is 2.59. The quantitative estimate of drug-likeness (QED) is 0.751. The highest BCUT2D eigenvalue weighted by Gasteiger charge is 2.06. The fourth-order valence-corrected chi connectivity index (χ4v) is 1.29. The van der Waals surface area contributed by atoms with Gasteiger partial charge in [-0.3, -0.25) is 0 Å². The molecule has 84 valence electrons. The standard InChI is InChI=1S/C13H21NO/c1-6-11(3)15-13-9-12(14(4)5)8-7-10(13)2/h7-9,11H,6H2,1-5H3. The molecular weight excluding hydrogens is 186 g/mol. The molecule has 0 aliphatic rings. The first-order chi connectivity index (χ1) is 7.04. The van der Waals surface area contributed by atoms with Crippen LogP contribution in [0, 0.1) is 6.92 Å². The van der Waals surface area contributed by atoms with Crippen molar-refractivity contribution in [2.24, 2.45) is 0 Å². The molecule has 0 spiro atoms. The maximum Gasteiger partial charge on any atom is 0.124 e. The zero-order valence-electron chi connectivity index (χ0n) is 10.4. The second-order valence-corrected chi connectivity index (χ2v) is 4.18. The van der Waals surface area contributed by atoms with Gasteiger partial charge in [0, 0.05) is 25.8 Å². The van der Waals surface area contributed by atoms with Crippen LogP contribution in [-0.2, 0) is 0 Å². The molecule has 0 fully saturated rings. The van der Waals surface area contributed by atoms with Gasteiger partial charge in [0.2, 0.25) is 0 Å². The first-order valence-corrected chi connectivity index (χ1v) is 5.49. The van der Waals surface area contributed by atoms with E-state index < -0.39 is 0 Å². The maximum atomic E-state index is 5.86. The fraction of sp³-hybridized carbons (Fsp3) is 0.538. The lowest BCUT2D eigenvalue weighted by molar-refractivity contribution is 0.216. The number of anilines is 1. The summed E-state index contributed by atoms with van der Waals surface area (Å²) in [7, 11) is 4.08. The Morgan fingerprint density at radius 1 is 1.33 bits per heavy atom. The van der Waals surface area contributed by atoms with Gasteiger partial charge in [0.1, 0.15) is 5.75 Å². The summed E-state index contributed by atoms with van der Waals surface area (Å²) < 4.78 is 5.86. The van der Waals surface area contributed by atoms with Gasteiger partial charge in [-0.25, -0.2) is 0 Å². The van der Waals surface area contributed by atoms with E-state index in [-0.39, 0.29) is 6.10 Å². The van der Waals surface area contributed by atoms with Gasteiger partial charge in [-0.15, -0.1) is 0 Å². The summed E-state index contributed by atoms with van der Waals surface area (Å²) in [5.41, 5.74) is 2.37. The number of ether oxygens (including phenoxy) is 1. The molecule has 0 aromatic heterocycles. The number of hydrogen-bond acceptors (Lipinski definition) is 2. The molecular formula is C13H21NO. The van der Waals surface area contributed by atoms with Gasteiger partial charge in [0.05, 0.1) is 6.10 Å². The van der Waals surface area contributed by atoms with E-state index in [0.717, 1.165) is 12.2 Å². The van der Waals surface area contributed by atoms with Crippen molar-refractivity contribution in [1.29, 1.82) is 0 Å². The number of hydrogen-bond donors (Lipinski definition) is 0. The first-order valence-electron chi connectivity index (χ1n) is 5.49. The number of rotatable bonds is 4. The fourth-order valence-electron chi connectivity index (χ4n) is 1.29. The van der Waals surface area contributed by atoms with E-state index in [1.807, 2.05) is 14.1 Å². The predicted molar refractivity (Wildman–Crippen MR) is 65.9 cm³/mol. The van der Waals surface area contributed by atoms with Crippen LogP contribution >= 0.6 is 0 Å². The largest absolute Gasteiger partial charge is 0.490 e. The summed E-state index contributed by atoms with van der Waals surface area (Å²) >= 11 is 0. The molecule has 2 nitrogen and oxygen atoms in total. The van der Waals surface area contributed by atoms with Crippen molar-refractivity contribution < 1.29 is 4.74 Å². The number of nitrogens with zero attached hydrogens (tertiary/aromatic N) is 1. The molecule has 1 aromatic rings. The van der Waals surface area contributed by atoms with Gasteiger partial charge >= 0.3 is 0 Å². The van der Waals surface area contributed by atoms with E-state index in [9.17, 15) is 0 Å². The van der Waals surface area contributed by atoms with Crippen LogP contribution in [0.1, 0.15) is 25.8 Å². The molecule has 0 radical (unpaired) electrons. The van der Waals surface area contributed by atoms with Crippen molar-refractivity contribution >= 4 is 5.69 Å². The Morgan fingerprint density at radius 2 is 2.00 bits per heavy atom. The van der Waals surface area contributed by atoms with E-state index in [2.05, 4.69) is 43.9 Å². The molecule has 0 N–H and O–H groups in total. The van der Waals surface area contributed by atoms with Crippen LogP contribution < -0.4 is 9.64 Å². The molecule has 0 saturated heterocycles. The molecule has 0 saturated carbocycles. The summed E-state index contributed by atoms with van der Waals surface area (Å²) in [6.45, 7) is 6.31. The third kappa shape index (κ3) is 3.15. The average molecular weight is 207 g/mol. The summed E-state index contributed by atoms with van der Waals surface area (Å²) in [4.78, 5) is 2.09. The number of benzene rings is 1. The summed E-state index contributed by atoms with van der Waals surface area (Å²) in [6.07, 6.45) is 1.31. The zero-order valence-corrected chi connectivity index (χ0v) is 10.4. The van der Waals surface area contributed by atoms with Crippen LogP contribution in [0.25, 0.3) is 0 Å². The summed E-state index contributed by atoms with van der Waals surface area (Å²) in [5.74, 6) is 0.996. The highest BCUT2D eigenvalue weighted by atomic mass is 16.5. The molecule has 1 rings (SSSR count). The van der Waals surface area contributed by atoms with E-state index in [1.54, 1.807) is 0 Å². The van der Waals surface area contributed by atoms with Gasteiger partial charge in [-0.05, 0) is 31.9 Å². The molecule has 0 aliphatic carbocycles. The van der Waals surface area contributed by atoms with Crippen molar-refractivity contribution in [1.82, 2.24) is 0 Å². The molecule has 0 aliphatic heterocycles.